The van der Waals surface area contributed by atoms with Gasteiger partial charge in [-0.15, -0.1) is 0 Å². The molecule has 0 heterocycles. The maximum absolute atomic E-state index is 11.9. The number of benzene rings is 1. The minimum absolute atomic E-state index is 0.00701. The number of hydrogen-bond acceptors (Lipinski definition) is 4. The molecule has 1 rings (SSSR count). The molecule has 0 fully saturated rings. The normalized spacial score (nSPS) is 11.9. The summed E-state index contributed by atoms with van der Waals surface area (Å²) < 4.78 is 30.7. The lowest BCUT2D eigenvalue weighted by Crippen LogP contribution is -2.33. The second-order valence-electron chi connectivity index (χ2n) is 5.06. The molecule has 0 aliphatic carbocycles. The maximum Gasteiger partial charge on any atom is 0.237 e. The molecule has 6 nitrogen and oxygen atoms in total. The molecule has 0 aromatic heterocycles. The molecule has 0 radical (unpaired) electrons. The van der Waals surface area contributed by atoms with Gasteiger partial charge in [0.05, 0.1) is 4.75 Å². The number of amidine groups is 1. The van der Waals surface area contributed by atoms with Crippen LogP contribution in [0.4, 0.5) is 5.69 Å². The van der Waals surface area contributed by atoms with E-state index in [0.717, 1.165) is 0 Å². The highest BCUT2D eigenvalue weighted by atomic mass is 32.2. The van der Waals surface area contributed by atoms with E-state index in [2.05, 4.69) is 4.72 Å². The van der Waals surface area contributed by atoms with Crippen molar-refractivity contribution in [2.24, 2.45) is 5.73 Å². The van der Waals surface area contributed by atoms with Crippen molar-refractivity contribution in [3.63, 3.8) is 0 Å². The van der Waals surface area contributed by atoms with Gasteiger partial charge in [-0.3, -0.25) is 10.1 Å². The molecule has 0 spiro atoms. The summed E-state index contributed by atoms with van der Waals surface area (Å²) in [6, 6.07) is 6.42. The Bertz CT molecular complexity index is 545. The van der Waals surface area contributed by atoms with E-state index in [1.807, 2.05) is 0 Å². The van der Waals surface area contributed by atoms with Crippen LogP contribution in [-0.4, -0.2) is 25.6 Å². The van der Waals surface area contributed by atoms with Crippen LogP contribution in [0.5, 0.6) is 5.75 Å². The number of ether oxygens (including phenoxy) is 1. The summed E-state index contributed by atoms with van der Waals surface area (Å²) in [6.07, 6.45) is 0. The lowest BCUT2D eigenvalue weighted by atomic mass is 10.3. The van der Waals surface area contributed by atoms with Crippen LogP contribution in [0.15, 0.2) is 24.3 Å². The Kier molecular flexibility index (Phi) is 4.41. The number of hydrogen-bond donors (Lipinski definition) is 3. The first-order chi connectivity index (χ1) is 8.62. The van der Waals surface area contributed by atoms with E-state index in [1.165, 1.54) is 0 Å². The van der Waals surface area contributed by atoms with Crippen molar-refractivity contribution in [2.45, 2.75) is 25.5 Å². The monoisotopic (exact) mass is 285 g/mol. The number of sulfonamides is 1. The summed E-state index contributed by atoms with van der Waals surface area (Å²) >= 11 is 0. The summed E-state index contributed by atoms with van der Waals surface area (Å²) in [5.41, 5.74) is 5.63. The number of nitrogens with two attached hydrogens (primary N) is 1. The molecule has 7 heteroatoms. The van der Waals surface area contributed by atoms with Crippen molar-refractivity contribution in [3.05, 3.63) is 24.3 Å². The van der Waals surface area contributed by atoms with Crippen LogP contribution in [0, 0.1) is 5.41 Å². The van der Waals surface area contributed by atoms with E-state index in [4.69, 9.17) is 15.9 Å². The van der Waals surface area contributed by atoms with E-state index in [1.54, 1.807) is 45.0 Å². The summed E-state index contributed by atoms with van der Waals surface area (Å²) in [7, 11) is -3.43. The van der Waals surface area contributed by atoms with Crippen LogP contribution in [-0.2, 0) is 10.0 Å². The van der Waals surface area contributed by atoms with Crippen LogP contribution in [0.25, 0.3) is 0 Å². The highest BCUT2D eigenvalue weighted by Gasteiger charge is 2.28. The van der Waals surface area contributed by atoms with Crippen LogP contribution < -0.4 is 15.2 Å². The molecule has 106 valence electrons. The second kappa shape index (κ2) is 5.48. The highest BCUT2D eigenvalue weighted by molar-refractivity contribution is 7.94. The number of rotatable bonds is 5. The average molecular weight is 285 g/mol. The first-order valence-corrected chi connectivity index (χ1v) is 7.18. The molecule has 0 aliphatic heterocycles. The molecule has 0 amide bonds. The van der Waals surface area contributed by atoms with Gasteiger partial charge in [-0.05, 0) is 45.0 Å². The predicted octanol–water partition coefficient (Wildman–Crippen LogP) is 1.54. The summed E-state index contributed by atoms with van der Waals surface area (Å²) in [4.78, 5) is 0. The van der Waals surface area contributed by atoms with Crippen molar-refractivity contribution < 1.29 is 13.2 Å². The van der Waals surface area contributed by atoms with Crippen molar-refractivity contribution in [1.29, 1.82) is 5.41 Å². The third-order valence-corrected chi connectivity index (χ3v) is 4.42. The Labute approximate surface area is 113 Å². The van der Waals surface area contributed by atoms with Gasteiger partial charge < -0.3 is 10.5 Å². The molecular weight excluding hydrogens is 266 g/mol. The number of nitrogens with one attached hydrogen (secondary N) is 2. The van der Waals surface area contributed by atoms with Crippen LogP contribution in [0.2, 0.25) is 0 Å². The van der Waals surface area contributed by atoms with E-state index >= 15 is 0 Å². The second-order valence-corrected chi connectivity index (χ2v) is 7.49. The molecule has 0 unspecified atom stereocenters. The molecular formula is C12H19N3O3S. The molecule has 0 saturated heterocycles. The van der Waals surface area contributed by atoms with Crippen molar-refractivity contribution in [2.75, 3.05) is 11.3 Å². The van der Waals surface area contributed by atoms with Gasteiger partial charge in [0.2, 0.25) is 10.0 Å². The van der Waals surface area contributed by atoms with E-state index in [0.29, 0.717) is 11.4 Å². The third kappa shape index (κ3) is 4.44. The minimum Gasteiger partial charge on any atom is -0.486 e. The Balaban J connectivity index is 2.75. The largest absolute Gasteiger partial charge is 0.486 e. The lowest BCUT2D eigenvalue weighted by Gasteiger charge is -2.20. The fourth-order valence-electron chi connectivity index (χ4n) is 1.09. The summed E-state index contributed by atoms with van der Waals surface area (Å²) in [6.45, 7) is 4.88. The van der Waals surface area contributed by atoms with Crippen molar-refractivity contribution in [3.8, 4) is 5.75 Å². The topological polar surface area (TPSA) is 105 Å². The fraction of sp³-hybridized carbons (Fsp3) is 0.417. The van der Waals surface area contributed by atoms with Gasteiger partial charge in [-0.2, -0.15) is 0 Å². The Morgan fingerprint density at radius 1 is 1.32 bits per heavy atom. The van der Waals surface area contributed by atoms with Crippen molar-refractivity contribution in [1.82, 2.24) is 0 Å². The van der Waals surface area contributed by atoms with Gasteiger partial charge in [0.1, 0.15) is 18.2 Å². The SMILES string of the molecule is CC(C)(C)S(=O)(=O)Nc1ccc(OCC(=N)N)cc1. The van der Waals surface area contributed by atoms with Crippen LogP contribution >= 0.6 is 0 Å². The molecule has 1 aromatic rings. The first kappa shape index (κ1) is 15.3. The van der Waals surface area contributed by atoms with E-state index in [-0.39, 0.29) is 12.4 Å². The molecule has 0 bridgehead atoms. The van der Waals surface area contributed by atoms with Gasteiger partial charge >= 0.3 is 0 Å². The van der Waals surface area contributed by atoms with Gasteiger partial charge in [0, 0.05) is 5.69 Å². The Hall–Kier alpha value is -1.76. The third-order valence-electron chi connectivity index (χ3n) is 2.31. The lowest BCUT2D eigenvalue weighted by molar-refractivity contribution is 0.374. The molecule has 1 aromatic carbocycles. The van der Waals surface area contributed by atoms with Crippen LogP contribution in [0.3, 0.4) is 0 Å². The van der Waals surface area contributed by atoms with Gasteiger partial charge in [-0.1, -0.05) is 0 Å². The van der Waals surface area contributed by atoms with E-state index < -0.39 is 14.8 Å². The molecule has 0 saturated carbocycles. The zero-order valence-electron chi connectivity index (χ0n) is 11.2. The minimum atomic E-state index is -3.43. The van der Waals surface area contributed by atoms with E-state index in [9.17, 15) is 8.42 Å². The maximum atomic E-state index is 11.9. The number of anilines is 1. The Morgan fingerprint density at radius 3 is 2.26 bits per heavy atom. The van der Waals surface area contributed by atoms with Gasteiger partial charge in [0.15, 0.2) is 0 Å². The molecule has 19 heavy (non-hydrogen) atoms. The van der Waals surface area contributed by atoms with Gasteiger partial charge in [0.25, 0.3) is 0 Å². The Morgan fingerprint density at radius 2 is 1.84 bits per heavy atom. The summed E-state index contributed by atoms with van der Waals surface area (Å²) in [5.74, 6) is 0.450. The quantitative estimate of drug-likeness (QED) is 0.563. The highest BCUT2D eigenvalue weighted by Crippen LogP contribution is 2.21. The zero-order chi connectivity index (χ0) is 14.7. The summed E-state index contributed by atoms with van der Waals surface area (Å²) in [5, 5.41) is 7.03. The van der Waals surface area contributed by atoms with Gasteiger partial charge in [-0.25, -0.2) is 8.42 Å². The van der Waals surface area contributed by atoms with Crippen molar-refractivity contribution >= 4 is 21.5 Å². The predicted molar refractivity (Wildman–Crippen MR) is 76.1 cm³/mol. The molecule has 0 aliphatic rings. The fourth-order valence-corrected chi connectivity index (χ4v) is 1.84. The first-order valence-electron chi connectivity index (χ1n) is 5.70. The van der Waals surface area contributed by atoms with Crippen LogP contribution in [0.1, 0.15) is 20.8 Å². The zero-order valence-corrected chi connectivity index (χ0v) is 12.0. The molecule has 4 N–H and O–H groups in total. The smallest absolute Gasteiger partial charge is 0.237 e. The standard InChI is InChI=1S/C12H19N3O3S/c1-12(2,3)19(16,17)15-9-4-6-10(7-5-9)18-8-11(13)14/h4-7,15H,8H2,1-3H3,(H3,13,14). The molecule has 0 atom stereocenters. The average Bonchev–Trinajstić information content (AvgIpc) is 2.26.